The molecular weight excluding hydrogens is 280 g/mol. The summed E-state index contributed by atoms with van der Waals surface area (Å²) in [5.41, 5.74) is 2.96. The molecule has 12 heavy (non-hydrogen) atoms. The van der Waals surface area contributed by atoms with E-state index in [1.54, 1.807) is 5.57 Å². The number of halogens is 2. The van der Waals surface area contributed by atoms with E-state index in [0.717, 1.165) is 6.42 Å². The molecule has 0 bridgehead atoms. The Labute approximate surface area is 89.7 Å². The first kappa shape index (κ1) is 8.76. The van der Waals surface area contributed by atoms with Crippen LogP contribution in [0.1, 0.15) is 19.3 Å². The summed E-state index contributed by atoms with van der Waals surface area (Å²) >= 11 is 7.29. The van der Waals surface area contributed by atoms with Crippen molar-refractivity contribution in [1.82, 2.24) is 0 Å². The fourth-order valence-electron chi connectivity index (χ4n) is 1.71. The number of hydrogen-bond acceptors (Lipinski definition) is 0. The molecule has 0 amide bonds. The molecule has 0 aliphatic heterocycles. The van der Waals surface area contributed by atoms with Gasteiger partial charge in [0.25, 0.3) is 0 Å². The molecule has 1 unspecified atom stereocenters. The molecule has 0 aromatic rings. The molecular formula is C10H10Br2. The quantitative estimate of drug-likeness (QED) is 0.590. The highest BCUT2D eigenvalue weighted by Gasteiger charge is 2.20. The summed E-state index contributed by atoms with van der Waals surface area (Å²) in [7, 11) is 0. The van der Waals surface area contributed by atoms with E-state index in [-0.39, 0.29) is 0 Å². The lowest BCUT2D eigenvalue weighted by atomic mass is 9.90. The molecule has 0 aromatic carbocycles. The van der Waals surface area contributed by atoms with E-state index in [1.807, 2.05) is 0 Å². The van der Waals surface area contributed by atoms with Crippen LogP contribution in [0.5, 0.6) is 0 Å². The van der Waals surface area contributed by atoms with Crippen molar-refractivity contribution < 1.29 is 0 Å². The Morgan fingerprint density at radius 2 is 2.25 bits per heavy atom. The summed E-state index contributed by atoms with van der Waals surface area (Å²) < 4.78 is 1.27. The minimum Gasteiger partial charge on any atom is -0.0839 e. The van der Waals surface area contributed by atoms with E-state index in [2.05, 4.69) is 50.1 Å². The molecule has 0 aromatic heterocycles. The Kier molecular flexibility index (Phi) is 2.56. The van der Waals surface area contributed by atoms with Gasteiger partial charge in [-0.1, -0.05) is 50.1 Å². The van der Waals surface area contributed by atoms with E-state index in [9.17, 15) is 0 Å². The number of rotatable bonds is 0. The fourth-order valence-corrected chi connectivity index (χ4v) is 3.02. The zero-order valence-corrected chi connectivity index (χ0v) is 9.86. The minimum atomic E-state index is 0.568. The Morgan fingerprint density at radius 1 is 1.42 bits per heavy atom. The normalized spacial score (nSPS) is 28.5. The Balaban J connectivity index is 2.41. The van der Waals surface area contributed by atoms with Gasteiger partial charge in [-0.05, 0) is 30.4 Å². The zero-order chi connectivity index (χ0) is 8.55. The van der Waals surface area contributed by atoms with E-state index < -0.39 is 0 Å². The molecule has 0 saturated heterocycles. The molecule has 0 heterocycles. The first-order valence-corrected chi connectivity index (χ1v) is 5.89. The topological polar surface area (TPSA) is 0 Å². The summed E-state index contributed by atoms with van der Waals surface area (Å²) in [5, 5.41) is 0. The van der Waals surface area contributed by atoms with Gasteiger partial charge in [-0.2, -0.15) is 0 Å². The molecule has 64 valence electrons. The standard InChI is InChI=1S/C10H10Br2/c11-9-5-1-3-7-8(9)4-2-6-10(7)12/h1,3,6,9H,2,4-5H2. The van der Waals surface area contributed by atoms with Gasteiger partial charge in [-0.3, -0.25) is 0 Å². The van der Waals surface area contributed by atoms with Crippen LogP contribution in [0, 0.1) is 0 Å². The molecule has 0 fully saturated rings. The van der Waals surface area contributed by atoms with Crippen LogP contribution in [0.15, 0.2) is 33.9 Å². The molecule has 2 aliphatic rings. The second-order valence-electron chi connectivity index (χ2n) is 3.14. The van der Waals surface area contributed by atoms with Crippen LogP contribution in [0.2, 0.25) is 0 Å². The fraction of sp³-hybridized carbons (Fsp3) is 0.400. The van der Waals surface area contributed by atoms with Crippen molar-refractivity contribution in [3.63, 3.8) is 0 Å². The minimum absolute atomic E-state index is 0.568. The largest absolute Gasteiger partial charge is 0.0839 e. The summed E-state index contributed by atoms with van der Waals surface area (Å²) in [6.07, 6.45) is 10.2. The lowest BCUT2D eigenvalue weighted by molar-refractivity contribution is 0.849. The molecule has 0 N–H and O–H groups in total. The summed E-state index contributed by atoms with van der Waals surface area (Å²) in [4.78, 5) is 0.568. The SMILES string of the molecule is BrC1=CCCC2=C1C=CCC2Br. The maximum absolute atomic E-state index is 3.70. The van der Waals surface area contributed by atoms with E-state index >= 15 is 0 Å². The zero-order valence-electron chi connectivity index (χ0n) is 6.69. The lowest BCUT2D eigenvalue weighted by Gasteiger charge is -2.23. The van der Waals surface area contributed by atoms with Crippen molar-refractivity contribution in [3.8, 4) is 0 Å². The summed E-state index contributed by atoms with van der Waals surface area (Å²) in [6.45, 7) is 0. The molecule has 1 atom stereocenters. The van der Waals surface area contributed by atoms with Crippen LogP contribution < -0.4 is 0 Å². The van der Waals surface area contributed by atoms with Gasteiger partial charge in [0, 0.05) is 9.31 Å². The summed E-state index contributed by atoms with van der Waals surface area (Å²) in [5.74, 6) is 0. The third-order valence-corrected chi connectivity index (χ3v) is 4.02. The number of allylic oxidation sites excluding steroid dienone is 6. The third kappa shape index (κ3) is 1.47. The second-order valence-corrected chi connectivity index (χ2v) is 5.09. The van der Waals surface area contributed by atoms with Gasteiger partial charge in [-0.25, -0.2) is 0 Å². The molecule has 2 rings (SSSR count). The molecule has 0 saturated carbocycles. The van der Waals surface area contributed by atoms with Crippen LogP contribution in [0.3, 0.4) is 0 Å². The van der Waals surface area contributed by atoms with Gasteiger partial charge >= 0.3 is 0 Å². The van der Waals surface area contributed by atoms with Crippen molar-refractivity contribution in [2.75, 3.05) is 0 Å². The van der Waals surface area contributed by atoms with Gasteiger partial charge in [0.2, 0.25) is 0 Å². The van der Waals surface area contributed by atoms with Crippen LogP contribution in [0.25, 0.3) is 0 Å². The third-order valence-electron chi connectivity index (χ3n) is 2.35. The molecule has 2 heteroatoms. The Hall–Kier alpha value is 0.180. The second kappa shape index (κ2) is 3.51. The number of alkyl halides is 1. The maximum atomic E-state index is 3.70. The van der Waals surface area contributed by atoms with Crippen LogP contribution in [0.4, 0.5) is 0 Å². The van der Waals surface area contributed by atoms with Crippen molar-refractivity contribution in [1.29, 1.82) is 0 Å². The molecule has 0 spiro atoms. The van der Waals surface area contributed by atoms with Crippen molar-refractivity contribution in [3.05, 3.63) is 33.9 Å². The van der Waals surface area contributed by atoms with Gasteiger partial charge in [0.1, 0.15) is 0 Å². The first-order valence-electron chi connectivity index (χ1n) is 4.18. The highest BCUT2D eigenvalue weighted by Crippen LogP contribution is 2.37. The average Bonchev–Trinajstić information content (AvgIpc) is 2.07. The average molecular weight is 290 g/mol. The monoisotopic (exact) mass is 288 g/mol. The van der Waals surface area contributed by atoms with Crippen molar-refractivity contribution in [2.45, 2.75) is 24.1 Å². The van der Waals surface area contributed by atoms with Crippen LogP contribution >= 0.6 is 31.9 Å². The summed E-state index contributed by atoms with van der Waals surface area (Å²) in [6, 6.07) is 0. The van der Waals surface area contributed by atoms with E-state index in [0.29, 0.717) is 4.83 Å². The van der Waals surface area contributed by atoms with Crippen molar-refractivity contribution in [2.24, 2.45) is 0 Å². The lowest BCUT2D eigenvalue weighted by Crippen LogP contribution is -2.10. The molecule has 2 aliphatic carbocycles. The van der Waals surface area contributed by atoms with Crippen molar-refractivity contribution >= 4 is 31.9 Å². The highest BCUT2D eigenvalue weighted by molar-refractivity contribution is 9.12. The Bertz CT molecular complexity index is 284. The first-order chi connectivity index (χ1) is 5.79. The highest BCUT2D eigenvalue weighted by atomic mass is 79.9. The Morgan fingerprint density at radius 3 is 3.00 bits per heavy atom. The number of hydrogen-bond donors (Lipinski definition) is 0. The van der Waals surface area contributed by atoms with E-state index in [4.69, 9.17) is 0 Å². The molecule has 0 radical (unpaired) electrons. The van der Waals surface area contributed by atoms with Gasteiger partial charge in [0.15, 0.2) is 0 Å². The smallest absolute Gasteiger partial charge is 0.0398 e. The van der Waals surface area contributed by atoms with Gasteiger partial charge < -0.3 is 0 Å². The molecule has 0 nitrogen and oxygen atoms in total. The van der Waals surface area contributed by atoms with Gasteiger partial charge in [-0.15, -0.1) is 0 Å². The van der Waals surface area contributed by atoms with E-state index in [1.165, 1.54) is 22.9 Å². The maximum Gasteiger partial charge on any atom is 0.0398 e. The van der Waals surface area contributed by atoms with Gasteiger partial charge in [0.05, 0.1) is 0 Å². The van der Waals surface area contributed by atoms with Crippen LogP contribution in [-0.4, -0.2) is 4.83 Å². The van der Waals surface area contributed by atoms with Crippen LogP contribution in [-0.2, 0) is 0 Å². The predicted molar refractivity (Wildman–Crippen MR) is 59.7 cm³/mol. The predicted octanol–water partition coefficient (Wildman–Crippen LogP) is 4.08.